The van der Waals surface area contributed by atoms with Crippen LogP contribution in [-0.2, 0) is 0 Å². The highest BCUT2D eigenvalue weighted by Gasteiger charge is 2.36. The third-order valence-corrected chi connectivity index (χ3v) is 5.97. The number of rotatable bonds is 2. The van der Waals surface area contributed by atoms with Crippen LogP contribution in [0.5, 0.6) is 0 Å². The average molecular weight is 252 g/mol. The van der Waals surface area contributed by atoms with Crippen molar-refractivity contribution in [2.75, 3.05) is 26.2 Å². The van der Waals surface area contributed by atoms with E-state index in [0.29, 0.717) is 0 Å². The van der Waals surface area contributed by atoms with Gasteiger partial charge < -0.3 is 9.80 Å². The molecule has 3 rings (SSSR count). The largest absolute Gasteiger partial charge is 0.332 e. The quantitative estimate of drug-likeness (QED) is 0.699. The Morgan fingerprint density at radius 3 is 1.94 bits per heavy atom. The Kier molecular flexibility index (Phi) is 4.25. The van der Waals surface area contributed by atoms with E-state index in [2.05, 4.69) is 6.92 Å². The van der Waals surface area contributed by atoms with E-state index in [4.69, 9.17) is 0 Å². The normalized spacial score (nSPS) is 43.2. The van der Waals surface area contributed by atoms with Crippen molar-refractivity contribution in [1.82, 2.24) is 0 Å². The van der Waals surface area contributed by atoms with E-state index in [-0.39, 0.29) is 0 Å². The van der Waals surface area contributed by atoms with E-state index < -0.39 is 0 Å². The Morgan fingerprint density at radius 2 is 1.33 bits per heavy atom. The summed E-state index contributed by atoms with van der Waals surface area (Å²) in [4.78, 5) is 3.92. The van der Waals surface area contributed by atoms with Gasteiger partial charge in [0.15, 0.2) is 0 Å². The molecule has 1 saturated carbocycles. The zero-order valence-electron chi connectivity index (χ0n) is 12.2. The van der Waals surface area contributed by atoms with Crippen LogP contribution < -0.4 is 9.80 Å². The SMILES string of the molecule is C[C@@H]1CC[C@@H]([NH+]2CCC([NH+]3CCCCC3)CC2)C1. The molecule has 3 aliphatic rings. The molecule has 0 radical (unpaired) electrons. The maximum absolute atomic E-state index is 2.45. The van der Waals surface area contributed by atoms with Crippen LogP contribution in [0.3, 0.4) is 0 Å². The Labute approximate surface area is 113 Å². The molecule has 0 aromatic heterocycles. The molecule has 2 N–H and O–H groups in total. The minimum absolute atomic E-state index is 1.01. The smallest absolute Gasteiger partial charge is 0.0983 e. The molecule has 18 heavy (non-hydrogen) atoms. The van der Waals surface area contributed by atoms with Crippen LogP contribution in [0.4, 0.5) is 0 Å². The molecule has 0 unspecified atom stereocenters. The van der Waals surface area contributed by atoms with Crippen LogP contribution in [0, 0.1) is 5.92 Å². The summed E-state index contributed by atoms with van der Waals surface area (Å²) < 4.78 is 0. The number of quaternary nitrogens is 2. The van der Waals surface area contributed by atoms with Crippen molar-refractivity contribution in [1.29, 1.82) is 0 Å². The van der Waals surface area contributed by atoms with Crippen LogP contribution in [0.25, 0.3) is 0 Å². The Morgan fingerprint density at radius 1 is 0.667 bits per heavy atom. The minimum Gasteiger partial charge on any atom is -0.332 e. The highest BCUT2D eigenvalue weighted by atomic mass is 15.2. The molecule has 0 spiro atoms. The van der Waals surface area contributed by atoms with Crippen LogP contribution in [0.15, 0.2) is 0 Å². The molecule has 2 heterocycles. The number of likely N-dealkylation sites (tertiary alicyclic amines) is 2. The molecule has 0 bridgehead atoms. The summed E-state index contributed by atoms with van der Waals surface area (Å²) in [6.45, 7) is 8.35. The standard InChI is InChI=1S/C16H30N2/c1-14-5-6-16(13-14)18-11-7-15(8-12-18)17-9-3-2-4-10-17/h14-16H,2-13H2,1H3/p+2/t14-,16-/m1/s1. The Hall–Kier alpha value is -0.0800. The summed E-state index contributed by atoms with van der Waals surface area (Å²) in [5.74, 6) is 1.01. The molecule has 1 aliphatic carbocycles. The van der Waals surface area contributed by atoms with Crippen molar-refractivity contribution in [3.05, 3.63) is 0 Å². The number of piperidine rings is 2. The third-order valence-electron chi connectivity index (χ3n) is 5.97. The molecule has 3 fully saturated rings. The molecule has 2 nitrogen and oxygen atoms in total. The molecular weight excluding hydrogens is 220 g/mol. The first kappa shape index (κ1) is 12.9. The van der Waals surface area contributed by atoms with Gasteiger partial charge in [0.05, 0.1) is 38.3 Å². The Bertz CT molecular complexity index is 239. The second-order valence-electron chi connectivity index (χ2n) is 7.27. The monoisotopic (exact) mass is 252 g/mol. The van der Waals surface area contributed by atoms with Crippen molar-refractivity contribution in [3.63, 3.8) is 0 Å². The topological polar surface area (TPSA) is 8.88 Å². The maximum atomic E-state index is 2.45. The van der Waals surface area contributed by atoms with Crippen molar-refractivity contribution in [3.8, 4) is 0 Å². The molecule has 2 aliphatic heterocycles. The molecule has 2 atom stereocenters. The first-order valence-electron chi connectivity index (χ1n) is 8.52. The highest BCUT2D eigenvalue weighted by molar-refractivity contribution is 4.73. The summed E-state index contributed by atoms with van der Waals surface area (Å²) in [7, 11) is 0. The summed E-state index contributed by atoms with van der Waals surface area (Å²) in [5, 5.41) is 0. The fourth-order valence-corrected chi connectivity index (χ4v) is 4.80. The second-order valence-corrected chi connectivity index (χ2v) is 7.27. The first-order valence-corrected chi connectivity index (χ1v) is 8.52. The molecule has 2 heteroatoms. The van der Waals surface area contributed by atoms with Gasteiger partial charge in [-0.1, -0.05) is 6.92 Å². The van der Waals surface area contributed by atoms with Gasteiger partial charge in [0.2, 0.25) is 0 Å². The van der Waals surface area contributed by atoms with Crippen molar-refractivity contribution in [2.24, 2.45) is 5.92 Å². The molecule has 2 saturated heterocycles. The van der Waals surface area contributed by atoms with Crippen molar-refractivity contribution in [2.45, 2.75) is 70.4 Å². The van der Waals surface area contributed by atoms with Crippen LogP contribution in [0.1, 0.15) is 58.3 Å². The van der Waals surface area contributed by atoms with Crippen LogP contribution in [0.2, 0.25) is 0 Å². The molecular formula is C16H32N2+2. The van der Waals surface area contributed by atoms with E-state index in [1.165, 1.54) is 77.5 Å². The third kappa shape index (κ3) is 2.91. The average Bonchev–Trinajstić information content (AvgIpc) is 2.87. The van der Waals surface area contributed by atoms with E-state index in [1.54, 1.807) is 0 Å². The second kappa shape index (κ2) is 5.92. The zero-order chi connectivity index (χ0) is 12.4. The predicted molar refractivity (Wildman–Crippen MR) is 75.1 cm³/mol. The highest BCUT2D eigenvalue weighted by Crippen LogP contribution is 2.23. The lowest BCUT2D eigenvalue weighted by atomic mass is 9.98. The van der Waals surface area contributed by atoms with Gasteiger partial charge in [-0.25, -0.2) is 0 Å². The lowest BCUT2D eigenvalue weighted by Gasteiger charge is -2.38. The summed E-state index contributed by atoms with van der Waals surface area (Å²) in [5.41, 5.74) is 0. The van der Waals surface area contributed by atoms with Crippen molar-refractivity contribution >= 4 is 0 Å². The zero-order valence-corrected chi connectivity index (χ0v) is 12.2. The molecule has 0 aromatic carbocycles. The lowest BCUT2D eigenvalue weighted by molar-refractivity contribution is -0.970. The number of hydrogen-bond acceptors (Lipinski definition) is 0. The van der Waals surface area contributed by atoms with Gasteiger partial charge in [-0.3, -0.25) is 0 Å². The summed E-state index contributed by atoms with van der Waals surface area (Å²) >= 11 is 0. The Balaban J connectivity index is 1.45. The molecule has 104 valence electrons. The van der Waals surface area contributed by atoms with Crippen LogP contribution in [-0.4, -0.2) is 38.3 Å². The van der Waals surface area contributed by atoms with Gasteiger partial charge in [-0.2, -0.15) is 0 Å². The predicted octanol–water partition coefficient (Wildman–Crippen LogP) is 0.291. The minimum atomic E-state index is 1.01. The van der Waals surface area contributed by atoms with Gasteiger partial charge >= 0.3 is 0 Å². The van der Waals surface area contributed by atoms with E-state index >= 15 is 0 Å². The van der Waals surface area contributed by atoms with Gasteiger partial charge in [0.1, 0.15) is 0 Å². The van der Waals surface area contributed by atoms with E-state index in [9.17, 15) is 0 Å². The maximum Gasteiger partial charge on any atom is 0.0983 e. The summed E-state index contributed by atoms with van der Waals surface area (Å²) in [6, 6.07) is 2.05. The fourth-order valence-electron chi connectivity index (χ4n) is 4.80. The van der Waals surface area contributed by atoms with Gasteiger partial charge in [0.25, 0.3) is 0 Å². The summed E-state index contributed by atoms with van der Waals surface area (Å²) in [6.07, 6.45) is 12.0. The van der Waals surface area contributed by atoms with Gasteiger partial charge in [-0.15, -0.1) is 0 Å². The van der Waals surface area contributed by atoms with E-state index in [0.717, 1.165) is 18.0 Å². The molecule has 0 aromatic rings. The van der Waals surface area contributed by atoms with E-state index in [1.807, 2.05) is 9.80 Å². The lowest BCUT2D eigenvalue weighted by Crippen LogP contribution is -3.22. The van der Waals surface area contributed by atoms with Crippen LogP contribution >= 0.6 is 0 Å². The number of nitrogens with one attached hydrogen (secondary N) is 2. The first-order chi connectivity index (χ1) is 8.83. The van der Waals surface area contributed by atoms with Crippen molar-refractivity contribution < 1.29 is 9.80 Å². The molecule has 0 amide bonds. The van der Waals surface area contributed by atoms with Gasteiger partial charge in [-0.05, 0) is 38.0 Å². The number of hydrogen-bond donors (Lipinski definition) is 2. The van der Waals surface area contributed by atoms with Gasteiger partial charge in [0, 0.05) is 19.3 Å². The fraction of sp³-hybridized carbons (Fsp3) is 1.00.